The minimum Gasteiger partial charge on any atom is -0.486 e. The number of hydrogen-bond acceptors (Lipinski definition) is 5. The van der Waals surface area contributed by atoms with Gasteiger partial charge in [-0.2, -0.15) is 0 Å². The summed E-state index contributed by atoms with van der Waals surface area (Å²) in [6.45, 7) is 4.93. The number of anilines is 1. The van der Waals surface area contributed by atoms with E-state index in [9.17, 15) is 14.1 Å². The van der Waals surface area contributed by atoms with Crippen LogP contribution >= 0.6 is 0 Å². The molecule has 34 heavy (non-hydrogen) atoms. The van der Waals surface area contributed by atoms with Crippen molar-refractivity contribution in [1.29, 1.82) is 0 Å². The lowest BCUT2D eigenvalue weighted by Gasteiger charge is -2.30. The molecule has 1 aromatic carbocycles. The maximum Gasteiger partial charge on any atom is 0.335 e. The first-order valence-corrected chi connectivity index (χ1v) is 13.8. The van der Waals surface area contributed by atoms with Gasteiger partial charge in [0.1, 0.15) is 6.61 Å². The number of hydrogen-bond donors (Lipinski definition) is 2. The van der Waals surface area contributed by atoms with Gasteiger partial charge in [0.15, 0.2) is 5.75 Å². The Morgan fingerprint density at radius 2 is 1.94 bits per heavy atom. The SMILES string of the molecule is C=S(=O)(NC)c1cc(C(=O)O)cc(N(CCCCC)CCCN(C)C)c1OCC1=CC=CCC1. The van der Waals surface area contributed by atoms with Crippen molar-refractivity contribution in [3.05, 3.63) is 41.5 Å². The third-order valence-electron chi connectivity index (χ3n) is 5.87. The maximum atomic E-state index is 13.4. The molecule has 0 aromatic heterocycles. The van der Waals surface area contributed by atoms with Crippen molar-refractivity contribution in [2.45, 2.75) is 50.3 Å². The first-order chi connectivity index (χ1) is 16.2. The molecule has 190 valence electrons. The number of carboxylic acid groups (broad SMARTS) is 1. The van der Waals surface area contributed by atoms with E-state index in [0.717, 1.165) is 63.7 Å². The molecule has 1 aliphatic carbocycles. The van der Waals surface area contributed by atoms with Gasteiger partial charge in [-0.15, -0.1) is 0 Å². The lowest BCUT2D eigenvalue weighted by atomic mass is 10.1. The minimum absolute atomic E-state index is 0.0805. The van der Waals surface area contributed by atoms with Gasteiger partial charge in [-0.3, -0.25) is 0 Å². The van der Waals surface area contributed by atoms with Crippen LogP contribution in [0.15, 0.2) is 40.8 Å². The lowest BCUT2D eigenvalue weighted by Crippen LogP contribution is -2.30. The summed E-state index contributed by atoms with van der Waals surface area (Å²) in [7, 11) is 2.68. The van der Waals surface area contributed by atoms with Crippen LogP contribution in [0.2, 0.25) is 0 Å². The van der Waals surface area contributed by atoms with Crippen LogP contribution < -0.4 is 14.4 Å². The fraction of sp³-hybridized carbons (Fsp3) is 0.538. The van der Waals surface area contributed by atoms with Gasteiger partial charge >= 0.3 is 5.97 Å². The number of rotatable bonds is 15. The molecule has 1 atom stereocenters. The molecule has 0 fully saturated rings. The van der Waals surface area contributed by atoms with E-state index in [2.05, 4.69) is 33.4 Å². The molecule has 0 saturated heterocycles. The minimum atomic E-state index is -2.96. The fourth-order valence-electron chi connectivity index (χ4n) is 3.87. The van der Waals surface area contributed by atoms with E-state index < -0.39 is 15.7 Å². The third kappa shape index (κ3) is 8.18. The van der Waals surface area contributed by atoms with Gasteiger partial charge in [-0.1, -0.05) is 38.0 Å². The van der Waals surface area contributed by atoms with Gasteiger partial charge in [0.05, 0.1) is 25.9 Å². The number of carbonyl (C=O) groups is 1. The quantitative estimate of drug-likeness (QED) is 0.283. The summed E-state index contributed by atoms with van der Waals surface area (Å²) in [6, 6.07) is 3.09. The average Bonchev–Trinajstić information content (AvgIpc) is 2.81. The topological polar surface area (TPSA) is 82.1 Å². The molecule has 8 heteroatoms. The molecule has 1 aliphatic rings. The van der Waals surface area contributed by atoms with Gasteiger partial charge in [0, 0.05) is 13.1 Å². The largest absolute Gasteiger partial charge is 0.486 e. The van der Waals surface area contributed by atoms with Crippen molar-refractivity contribution in [2.24, 2.45) is 0 Å². The van der Waals surface area contributed by atoms with Crippen LogP contribution in [0, 0.1) is 0 Å². The fourth-order valence-corrected chi connectivity index (χ4v) is 4.87. The van der Waals surface area contributed by atoms with E-state index in [0.29, 0.717) is 22.9 Å². The molecule has 2 rings (SSSR count). The molecule has 0 spiro atoms. The van der Waals surface area contributed by atoms with Gasteiger partial charge in [-0.25, -0.2) is 13.7 Å². The van der Waals surface area contributed by atoms with Crippen LogP contribution in [0.5, 0.6) is 5.75 Å². The molecular weight excluding hydrogens is 450 g/mol. The Hall–Kier alpha value is -2.29. The van der Waals surface area contributed by atoms with Gasteiger partial charge in [0.2, 0.25) is 0 Å². The predicted molar refractivity (Wildman–Crippen MR) is 143 cm³/mol. The second-order valence-electron chi connectivity index (χ2n) is 8.94. The van der Waals surface area contributed by atoms with Gasteiger partial charge in [0.25, 0.3) is 0 Å². The summed E-state index contributed by atoms with van der Waals surface area (Å²) in [4.78, 5) is 16.6. The molecule has 0 bridgehead atoms. The second kappa shape index (κ2) is 13.6. The molecule has 0 aliphatic heterocycles. The van der Waals surface area contributed by atoms with E-state index in [1.165, 1.54) is 6.07 Å². The molecule has 0 radical (unpaired) electrons. The number of allylic oxidation sites excluding steroid dienone is 3. The normalized spacial score (nSPS) is 15.1. The number of ether oxygens (including phenoxy) is 1. The first kappa shape index (κ1) is 28.0. The number of unbranched alkanes of at least 4 members (excludes halogenated alkanes) is 2. The molecule has 0 amide bonds. The van der Waals surface area contributed by atoms with Crippen LogP contribution in [0.1, 0.15) is 55.8 Å². The average molecular weight is 492 g/mol. The second-order valence-corrected chi connectivity index (χ2v) is 11.1. The summed E-state index contributed by atoms with van der Waals surface area (Å²) in [5.41, 5.74) is 1.90. The van der Waals surface area contributed by atoms with E-state index in [1.807, 2.05) is 26.2 Å². The number of benzene rings is 1. The summed E-state index contributed by atoms with van der Waals surface area (Å²) >= 11 is 0. The van der Waals surface area contributed by atoms with E-state index in [1.54, 1.807) is 13.1 Å². The smallest absolute Gasteiger partial charge is 0.335 e. The maximum absolute atomic E-state index is 13.4. The Labute approximate surface area is 205 Å². The Kier molecular flexibility index (Phi) is 11.1. The molecule has 7 nitrogen and oxygen atoms in total. The Morgan fingerprint density at radius 1 is 1.21 bits per heavy atom. The zero-order valence-electron chi connectivity index (χ0n) is 21.1. The Bertz CT molecular complexity index is 984. The molecular formula is C26H41N3O4S. The number of aromatic carboxylic acids is 1. The van der Waals surface area contributed by atoms with E-state index in [-0.39, 0.29) is 5.56 Å². The summed E-state index contributed by atoms with van der Waals surface area (Å²) in [6.07, 6.45) is 12.1. The zero-order chi connectivity index (χ0) is 25.1. The molecule has 0 saturated carbocycles. The Morgan fingerprint density at radius 3 is 2.53 bits per heavy atom. The van der Waals surface area contributed by atoms with Crippen LogP contribution in [-0.4, -0.2) is 73.4 Å². The lowest BCUT2D eigenvalue weighted by molar-refractivity contribution is 0.0696. The summed E-state index contributed by atoms with van der Waals surface area (Å²) in [5, 5.41) is 9.83. The van der Waals surface area contributed by atoms with Crippen LogP contribution in [-0.2, 0) is 9.71 Å². The molecule has 2 N–H and O–H groups in total. The highest BCUT2D eigenvalue weighted by Gasteiger charge is 2.24. The monoisotopic (exact) mass is 491 g/mol. The zero-order valence-corrected chi connectivity index (χ0v) is 22.0. The summed E-state index contributed by atoms with van der Waals surface area (Å²) in [5.74, 6) is 3.26. The van der Waals surface area contributed by atoms with Crippen molar-refractivity contribution >= 4 is 27.2 Å². The van der Waals surface area contributed by atoms with Gasteiger partial charge in [-0.05, 0) is 76.9 Å². The van der Waals surface area contributed by atoms with Crippen LogP contribution in [0.25, 0.3) is 0 Å². The molecule has 0 heterocycles. The van der Waals surface area contributed by atoms with E-state index in [4.69, 9.17) is 4.74 Å². The van der Waals surface area contributed by atoms with Crippen molar-refractivity contribution in [2.75, 3.05) is 52.3 Å². The number of carboxylic acids is 1. The third-order valence-corrected chi connectivity index (χ3v) is 7.55. The highest BCUT2D eigenvalue weighted by Crippen LogP contribution is 2.38. The van der Waals surface area contributed by atoms with Gasteiger partial charge < -0.3 is 19.6 Å². The predicted octanol–water partition coefficient (Wildman–Crippen LogP) is 4.20. The number of nitrogens with one attached hydrogen (secondary N) is 1. The van der Waals surface area contributed by atoms with Crippen LogP contribution in [0.3, 0.4) is 0 Å². The molecule has 1 unspecified atom stereocenters. The van der Waals surface area contributed by atoms with Crippen molar-refractivity contribution in [3.8, 4) is 5.75 Å². The summed E-state index contributed by atoms with van der Waals surface area (Å²) < 4.78 is 22.5. The van der Waals surface area contributed by atoms with E-state index >= 15 is 0 Å². The van der Waals surface area contributed by atoms with Crippen LogP contribution in [0.4, 0.5) is 5.69 Å². The van der Waals surface area contributed by atoms with Crippen molar-refractivity contribution < 1.29 is 18.8 Å². The standard InChI is InChI=1S/C26H41N3O4S/c1-6-7-11-16-29(17-12-15-28(3)4)23-18-22(26(30)31)19-24(34(5,32)27-2)25(23)33-20-21-13-9-8-10-14-21/h8-9,13,18-19H,5-7,10-12,14-17,20H2,1-4H3,(H,27,32)(H,30,31). The van der Waals surface area contributed by atoms with Crippen molar-refractivity contribution in [1.82, 2.24) is 9.62 Å². The molecule has 1 aromatic rings. The first-order valence-electron chi connectivity index (χ1n) is 12.0. The highest BCUT2D eigenvalue weighted by molar-refractivity contribution is 7.98. The van der Waals surface area contributed by atoms with Crippen molar-refractivity contribution in [3.63, 3.8) is 0 Å². The highest BCUT2D eigenvalue weighted by atomic mass is 32.2. The number of nitrogens with zero attached hydrogens (tertiary/aromatic N) is 2. The Balaban J connectivity index is 2.58.